The van der Waals surface area contributed by atoms with Crippen LogP contribution in [0, 0.1) is 0 Å². The topological polar surface area (TPSA) is 49.2 Å². The third-order valence-electron chi connectivity index (χ3n) is 2.13. The number of benzene rings is 1. The number of carbonyl (C=O) groups excluding carboxylic acids is 1. The number of hydrogen-bond donors (Lipinski definition) is 0. The fraction of sp³-hybridized carbons (Fsp3) is 0.182. The van der Waals surface area contributed by atoms with Crippen LogP contribution in [0.15, 0.2) is 42.2 Å². The number of esters is 1. The van der Waals surface area contributed by atoms with Crippen molar-refractivity contribution < 1.29 is 14.6 Å². The molecule has 3 heteroatoms. The Morgan fingerprint density at radius 2 is 2.00 bits per heavy atom. The molecule has 1 aromatic rings. The summed E-state index contributed by atoms with van der Waals surface area (Å²) in [5.41, 5.74) is 0.943. The lowest BCUT2D eigenvalue weighted by molar-refractivity contribution is -0.145. The first-order valence-corrected chi connectivity index (χ1v) is 4.43. The first-order valence-electron chi connectivity index (χ1n) is 4.43. The van der Waals surface area contributed by atoms with Gasteiger partial charge >= 0.3 is 5.97 Å². The Balaban J connectivity index is 2.22. The van der Waals surface area contributed by atoms with Crippen LogP contribution in [0.1, 0.15) is 18.1 Å². The predicted octanol–water partition coefficient (Wildman–Crippen LogP) is 1.28. The van der Waals surface area contributed by atoms with Gasteiger partial charge in [-0.05, 0) is 5.56 Å². The molecule has 1 aliphatic rings. The van der Waals surface area contributed by atoms with Gasteiger partial charge in [-0.1, -0.05) is 30.3 Å². The van der Waals surface area contributed by atoms with Gasteiger partial charge in [-0.15, -0.1) is 0 Å². The number of cyclic esters (lactones) is 1. The van der Waals surface area contributed by atoms with Crippen LogP contribution in [0.3, 0.4) is 0 Å². The third kappa shape index (κ3) is 1.76. The fourth-order valence-corrected chi connectivity index (χ4v) is 1.47. The van der Waals surface area contributed by atoms with E-state index >= 15 is 0 Å². The van der Waals surface area contributed by atoms with E-state index in [2.05, 4.69) is 0 Å². The monoisotopic (exact) mass is 191 g/mol. The maximum absolute atomic E-state index is 11.0. The molecule has 72 valence electrons. The second-order valence-electron chi connectivity index (χ2n) is 3.21. The molecule has 2 N–H and O–H groups in total. The summed E-state index contributed by atoms with van der Waals surface area (Å²) in [6, 6.07) is 9.49. The molecule has 1 aromatic carbocycles. The van der Waals surface area contributed by atoms with E-state index in [-0.39, 0.29) is 6.10 Å². The molecule has 2 rings (SSSR count). The summed E-state index contributed by atoms with van der Waals surface area (Å²) in [5, 5.41) is 7.44. The highest BCUT2D eigenvalue weighted by atomic mass is 16.5. The molecule has 14 heavy (non-hydrogen) atoms. The molecule has 0 aliphatic carbocycles. The average Bonchev–Trinajstić information content (AvgIpc) is 2.18. The van der Waals surface area contributed by atoms with Crippen LogP contribution in [0.4, 0.5) is 0 Å². The summed E-state index contributed by atoms with van der Waals surface area (Å²) in [5.74, 6) is -0.0924. The van der Waals surface area contributed by atoms with Crippen LogP contribution in [0.2, 0.25) is 0 Å². The van der Waals surface area contributed by atoms with Crippen molar-refractivity contribution in [3.05, 3.63) is 47.7 Å². The van der Waals surface area contributed by atoms with Gasteiger partial charge in [0.2, 0.25) is 5.76 Å². The maximum atomic E-state index is 11.0. The summed E-state index contributed by atoms with van der Waals surface area (Å²) in [7, 11) is 0. The Hall–Kier alpha value is -1.77. The van der Waals surface area contributed by atoms with Crippen molar-refractivity contribution in [1.29, 1.82) is 0 Å². The first-order chi connectivity index (χ1) is 6.75. The molecule has 0 aromatic heterocycles. The highest BCUT2D eigenvalue weighted by Crippen LogP contribution is 2.27. The van der Waals surface area contributed by atoms with Gasteiger partial charge < -0.3 is 9.84 Å². The second-order valence-corrected chi connectivity index (χ2v) is 3.21. The zero-order chi connectivity index (χ0) is 9.97. The van der Waals surface area contributed by atoms with Gasteiger partial charge in [-0.3, -0.25) is 0 Å². The Labute approximate surface area is 81.6 Å². The Bertz CT molecular complexity index is 367. The van der Waals surface area contributed by atoms with Gasteiger partial charge in [0, 0.05) is 0 Å². The van der Waals surface area contributed by atoms with E-state index in [4.69, 9.17) is 9.84 Å². The molecule has 3 nitrogen and oxygen atoms in total. The molecule has 0 bridgehead atoms. The third-order valence-corrected chi connectivity index (χ3v) is 2.13. The summed E-state index contributed by atoms with van der Waals surface area (Å²) in [6.45, 7) is 0. The standard InChI is InChI=1S/C11H10O3/c12-9-6-10(14-11(13)7-9)8-4-2-1-3-5-8/h1-5,7,10,12H,6H2/p+1. The van der Waals surface area contributed by atoms with Crippen LogP contribution >= 0.6 is 0 Å². The van der Waals surface area contributed by atoms with E-state index < -0.39 is 5.97 Å². The lowest BCUT2D eigenvalue weighted by atomic mass is 10.0. The van der Waals surface area contributed by atoms with Gasteiger partial charge in [0.15, 0.2) is 0 Å². The largest absolute Gasteiger partial charge is 0.596 e. The molecule has 0 spiro atoms. The zero-order valence-electron chi connectivity index (χ0n) is 7.57. The predicted molar refractivity (Wildman–Crippen MR) is 51.6 cm³/mol. The highest BCUT2D eigenvalue weighted by Gasteiger charge is 2.25. The molecular weight excluding hydrogens is 180 g/mol. The first kappa shape index (κ1) is 8.81. The van der Waals surface area contributed by atoms with Crippen molar-refractivity contribution in [1.82, 2.24) is 0 Å². The average molecular weight is 191 g/mol. The van der Waals surface area contributed by atoms with Crippen LogP contribution < -0.4 is 0 Å². The quantitative estimate of drug-likeness (QED) is 0.496. The van der Waals surface area contributed by atoms with Gasteiger partial charge in [-0.25, -0.2) is 4.79 Å². The SMILES string of the molecule is O=C1C=C([OH2+])CC(c2ccccc2)O1. The Morgan fingerprint density at radius 3 is 2.64 bits per heavy atom. The molecule has 0 radical (unpaired) electrons. The zero-order valence-corrected chi connectivity index (χ0v) is 7.57. The van der Waals surface area contributed by atoms with E-state index in [1.54, 1.807) is 0 Å². The van der Waals surface area contributed by atoms with Gasteiger partial charge in [0.1, 0.15) is 12.2 Å². The van der Waals surface area contributed by atoms with Crippen molar-refractivity contribution in [3.8, 4) is 0 Å². The van der Waals surface area contributed by atoms with E-state index in [0.717, 1.165) is 5.56 Å². The molecule has 0 fully saturated rings. The summed E-state index contributed by atoms with van der Waals surface area (Å²) < 4.78 is 5.11. The minimum Gasteiger partial charge on any atom is -0.596 e. The molecule has 0 saturated heterocycles. The lowest BCUT2D eigenvalue weighted by Crippen LogP contribution is -2.15. The number of hydrogen-bond acceptors (Lipinski definition) is 2. The molecule has 1 unspecified atom stereocenters. The molecular formula is C11H11O3+. The summed E-state index contributed by atoms with van der Waals surface area (Å²) >= 11 is 0. The molecule has 1 aliphatic heterocycles. The van der Waals surface area contributed by atoms with Gasteiger partial charge in [0.05, 0.1) is 6.42 Å². The van der Waals surface area contributed by atoms with Crippen molar-refractivity contribution in [2.24, 2.45) is 0 Å². The van der Waals surface area contributed by atoms with Crippen LogP contribution in [-0.2, 0) is 9.53 Å². The van der Waals surface area contributed by atoms with Crippen LogP contribution in [-0.4, -0.2) is 11.1 Å². The summed E-state index contributed by atoms with van der Waals surface area (Å²) in [4.78, 5) is 11.0. The van der Waals surface area contributed by atoms with Crippen LogP contribution in [0.5, 0.6) is 0 Å². The molecule has 0 saturated carbocycles. The van der Waals surface area contributed by atoms with E-state index in [9.17, 15) is 4.79 Å². The van der Waals surface area contributed by atoms with Gasteiger partial charge in [-0.2, -0.15) is 0 Å². The number of carbonyl (C=O) groups is 1. The van der Waals surface area contributed by atoms with Crippen molar-refractivity contribution in [2.75, 3.05) is 0 Å². The van der Waals surface area contributed by atoms with Crippen LogP contribution in [0.25, 0.3) is 0 Å². The molecule has 1 heterocycles. The number of rotatable bonds is 1. The molecule has 1 atom stereocenters. The number of ether oxygens (including phenoxy) is 1. The minimum absolute atomic E-state index is 0.291. The minimum atomic E-state index is -0.421. The van der Waals surface area contributed by atoms with Crippen molar-refractivity contribution >= 4 is 5.97 Å². The van der Waals surface area contributed by atoms with Gasteiger partial charge in [0.25, 0.3) is 0 Å². The Kier molecular flexibility index (Phi) is 2.23. The normalized spacial score (nSPS) is 21.3. The lowest BCUT2D eigenvalue weighted by Gasteiger charge is -2.18. The molecule has 0 amide bonds. The van der Waals surface area contributed by atoms with E-state index in [1.165, 1.54) is 6.08 Å². The Morgan fingerprint density at radius 1 is 1.29 bits per heavy atom. The summed E-state index contributed by atoms with van der Waals surface area (Å²) in [6.07, 6.45) is 1.40. The fourth-order valence-electron chi connectivity index (χ4n) is 1.47. The van der Waals surface area contributed by atoms with E-state index in [0.29, 0.717) is 12.2 Å². The maximum Gasteiger partial charge on any atom is 0.340 e. The highest BCUT2D eigenvalue weighted by molar-refractivity contribution is 5.83. The van der Waals surface area contributed by atoms with Crippen molar-refractivity contribution in [2.45, 2.75) is 12.5 Å². The van der Waals surface area contributed by atoms with Crippen molar-refractivity contribution in [3.63, 3.8) is 0 Å². The van der Waals surface area contributed by atoms with E-state index in [1.807, 2.05) is 30.3 Å². The smallest absolute Gasteiger partial charge is 0.340 e. The second kappa shape index (κ2) is 3.54.